The predicted octanol–water partition coefficient (Wildman–Crippen LogP) is 2.68. The van der Waals surface area contributed by atoms with Gasteiger partial charge in [0.1, 0.15) is 0 Å². The van der Waals surface area contributed by atoms with Gasteiger partial charge < -0.3 is 11.1 Å². The highest BCUT2D eigenvalue weighted by Crippen LogP contribution is 2.38. The third-order valence-electron chi connectivity index (χ3n) is 4.33. The highest BCUT2D eigenvalue weighted by atomic mass is 32.1. The molecule has 0 atom stereocenters. The van der Waals surface area contributed by atoms with E-state index in [1.165, 1.54) is 19.3 Å². The number of carbonyl (C=O) groups is 1. The van der Waals surface area contributed by atoms with E-state index in [1.807, 2.05) is 13.8 Å². The minimum absolute atomic E-state index is 0.0427. The minimum atomic E-state index is 0.0427. The van der Waals surface area contributed by atoms with E-state index in [1.54, 1.807) is 11.3 Å². The summed E-state index contributed by atoms with van der Waals surface area (Å²) in [5, 5.41) is 4.09. The molecule has 3 N–H and O–H groups in total. The van der Waals surface area contributed by atoms with Crippen LogP contribution in [0.5, 0.6) is 0 Å². The van der Waals surface area contributed by atoms with Gasteiger partial charge in [-0.3, -0.25) is 4.79 Å². The molecule has 0 unspecified atom stereocenters. The molecule has 0 radical (unpaired) electrons. The highest BCUT2D eigenvalue weighted by Gasteiger charge is 2.32. The second kappa shape index (κ2) is 6.68. The van der Waals surface area contributed by atoms with Crippen molar-refractivity contribution in [1.29, 1.82) is 0 Å². The molecule has 0 aliphatic heterocycles. The van der Waals surface area contributed by atoms with Gasteiger partial charge >= 0.3 is 0 Å². The molecule has 0 spiro atoms. The van der Waals surface area contributed by atoms with E-state index < -0.39 is 0 Å². The maximum absolute atomic E-state index is 12.2. The van der Waals surface area contributed by atoms with Crippen molar-refractivity contribution in [3.8, 4) is 0 Å². The van der Waals surface area contributed by atoms with Crippen LogP contribution in [-0.4, -0.2) is 17.4 Å². The van der Waals surface area contributed by atoms with Crippen LogP contribution in [0.15, 0.2) is 0 Å². The van der Waals surface area contributed by atoms with Gasteiger partial charge in [0.25, 0.3) is 0 Å². The molecule has 0 saturated heterocycles. The van der Waals surface area contributed by atoms with Crippen LogP contribution in [-0.2, 0) is 11.3 Å². The first kappa shape index (κ1) is 15.4. The summed E-state index contributed by atoms with van der Waals surface area (Å²) in [5.74, 6) is 0.128. The summed E-state index contributed by atoms with van der Waals surface area (Å²) in [7, 11) is 0. The summed E-state index contributed by atoms with van der Waals surface area (Å²) in [6, 6.07) is 0. The van der Waals surface area contributed by atoms with Gasteiger partial charge in [0.05, 0.1) is 17.2 Å². The molecule has 1 heterocycles. The Bertz CT molecular complexity index is 464. The molecular formula is C15H25N3OS. The first-order valence-corrected chi connectivity index (χ1v) is 8.26. The summed E-state index contributed by atoms with van der Waals surface area (Å²) in [4.78, 5) is 17.7. The number of nitrogens with zero attached hydrogens (tertiary/aromatic N) is 1. The van der Waals surface area contributed by atoms with E-state index in [0.717, 1.165) is 28.4 Å². The van der Waals surface area contributed by atoms with Gasteiger partial charge in [0.2, 0.25) is 5.91 Å². The van der Waals surface area contributed by atoms with Gasteiger partial charge in [-0.05, 0) is 38.6 Å². The predicted molar refractivity (Wildman–Crippen MR) is 82.6 cm³/mol. The van der Waals surface area contributed by atoms with Crippen LogP contribution in [0.25, 0.3) is 0 Å². The van der Waals surface area contributed by atoms with Crippen LogP contribution in [0.1, 0.15) is 54.1 Å². The molecule has 0 bridgehead atoms. The molecule has 1 aliphatic rings. The fourth-order valence-corrected chi connectivity index (χ4v) is 3.95. The zero-order valence-electron chi connectivity index (χ0n) is 12.5. The van der Waals surface area contributed by atoms with Gasteiger partial charge in [0, 0.05) is 11.3 Å². The fraction of sp³-hybridized carbons (Fsp3) is 0.733. The van der Waals surface area contributed by atoms with Gasteiger partial charge in [-0.25, -0.2) is 4.98 Å². The van der Waals surface area contributed by atoms with Gasteiger partial charge in [-0.15, -0.1) is 11.3 Å². The molecule has 1 aromatic rings. The van der Waals surface area contributed by atoms with Crippen LogP contribution in [0.3, 0.4) is 0 Å². The Morgan fingerprint density at radius 2 is 2.05 bits per heavy atom. The largest absolute Gasteiger partial charge is 0.351 e. The van der Waals surface area contributed by atoms with E-state index in [4.69, 9.17) is 5.73 Å². The third-order valence-corrected chi connectivity index (χ3v) is 5.40. The van der Waals surface area contributed by atoms with E-state index in [-0.39, 0.29) is 11.3 Å². The SMILES string of the molecule is Cc1nc(C)c(CNC(=O)CC2(CN)CCCCC2)s1. The second-order valence-corrected chi connectivity index (χ2v) is 7.25. The molecule has 5 heteroatoms. The number of thiazole rings is 1. The standard InChI is InChI=1S/C15H25N3OS/c1-11-13(20-12(2)18-11)9-17-14(19)8-15(10-16)6-4-3-5-7-15/h3-10,16H2,1-2H3,(H,17,19). The lowest BCUT2D eigenvalue weighted by Gasteiger charge is -2.35. The smallest absolute Gasteiger partial charge is 0.220 e. The molecule has 1 saturated carbocycles. The van der Waals surface area contributed by atoms with Crippen molar-refractivity contribution in [2.45, 2.75) is 58.9 Å². The molecule has 2 rings (SSSR count). The Kier molecular flexibility index (Phi) is 5.16. The zero-order chi connectivity index (χ0) is 14.6. The molecule has 1 amide bonds. The van der Waals surface area contributed by atoms with Crippen LogP contribution in [0, 0.1) is 19.3 Å². The highest BCUT2D eigenvalue weighted by molar-refractivity contribution is 7.11. The number of nitrogens with two attached hydrogens (primary N) is 1. The fourth-order valence-electron chi connectivity index (χ4n) is 3.07. The summed E-state index contributed by atoms with van der Waals surface area (Å²) in [5.41, 5.74) is 7.00. The molecule has 1 aromatic heterocycles. The van der Waals surface area contributed by atoms with Gasteiger partial charge in [-0.1, -0.05) is 19.3 Å². The normalized spacial score (nSPS) is 17.9. The maximum Gasteiger partial charge on any atom is 0.220 e. The van der Waals surface area contributed by atoms with Crippen molar-refractivity contribution in [2.24, 2.45) is 11.1 Å². The van der Waals surface area contributed by atoms with Crippen LogP contribution in [0.4, 0.5) is 0 Å². The minimum Gasteiger partial charge on any atom is -0.351 e. The second-order valence-electron chi connectivity index (χ2n) is 5.96. The Morgan fingerprint density at radius 1 is 1.35 bits per heavy atom. The van der Waals surface area contributed by atoms with Gasteiger partial charge in [0.15, 0.2) is 0 Å². The van der Waals surface area contributed by atoms with Crippen molar-refractivity contribution >= 4 is 17.2 Å². The van der Waals surface area contributed by atoms with Crippen molar-refractivity contribution in [3.05, 3.63) is 15.6 Å². The number of hydrogen-bond acceptors (Lipinski definition) is 4. The quantitative estimate of drug-likeness (QED) is 0.877. The number of nitrogens with one attached hydrogen (secondary N) is 1. The number of hydrogen-bond donors (Lipinski definition) is 2. The summed E-state index contributed by atoms with van der Waals surface area (Å²) < 4.78 is 0. The Balaban J connectivity index is 1.87. The first-order valence-electron chi connectivity index (χ1n) is 7.44. The van der Waals surface area contributed by atoms with E-state index in [9.17, 15) is 4.79 Å². The van der Waals surface area contributed by atoms with Crippen molar-refractivity contribution in [1.82, 2.24) is 10.3 Å². The summed E-state index contributed by atoms with van der Waals surface area (Å²) >= 11 is 1.66. The lowest BCUT2D eigenvalue weighted by molar-refractivity contribution is -0.124. The Labute approximate surface area is 125 Å². The first-order chi connectivity index (χ1) is 9.54. The molecular weight excluding hydrogens is 270 g/mol. The van der Waals surface area contributed by atoms with Crippen molar-refractivity contribution in [3.63, 3.8) is 0 Å². The van der Waals surface area contributed by atoms with E-state index in [2.05, 4.69) is 10.3 Å². The van der Waals surface area contributed by atoms with Crippen LogP contribution < -0.4 is 11.1 Å². The van der Waals surface area contributed by atoms with Crippen LogP contribution in [0.2, 0.25) is 0 Å². The van der Waals surface area contributed by atoms with Gasteiger partial charge in [-0.2, -0.15) is 0 Å². The average molecular weight is 295 g/mol. The molecule has 1 fully saturated rings. The molecule has 112 valence electrons. The molecule has 0 aromatic carbocycles. The van der Waals surface area contributed by atoms with Crippen molar-refractivity contribution in [2.75, 3.05) is 6.54 Å². The summed E-state index contributed by atoms with van der Waals surface area (Å²) in [6.45, 7) is 5.21. The molecule has 1 aliphatic carbocycles. The zero-order valence-corrected chi connectivity index (χ0v) is 13.3. The molecule has 4 nitrogen and oxygen atoms in total. The number of carbonyl (C=O) groups excluding carboxylic acids is 1. The van der Waals surface area contributed by atoms with Crippen LogP contribution >= 0.6 is 11.3 Å². The number of rotatable bonds is 5. The van der Waals surface area contributed by atoms with E-state index in [0.29, 0.717) is 19.5 Å². The van der Waals surface area contributed by atoms with Crippen molar-refractivity contribution < 1.29 is 4.79 Å². The third kappa shape index (κ3) is 3.79. The molecule has 20 heavy (non-hydrogen) atoms. The maximum atomic E-state index is 12.2. The number of aromatic nitrogens is 1. The lowest BCUT2D eigenvalue weighted by atomic mass is 9.71. The average Bonchev–Trinajstić information content (AvgIpc) is 2.76. The Morgan fingerprint density at radius 3 is 2.60 bits per heavy atom. The number of amides is 1. The number of aryl methyl sites for hydroxylation is 2. The summed E-state index contributed by atoms with van der Waals surface area (Å²) in [6.07, 6.45) is 6.45. The topological polar surface area (TPSA) is 68.0 Å². The lowest BCUT2D eigenvalue weighted by Crippen LogP contribution is -2.38. The monoisotopic (exact) mass is 295 g/mol. The van der Waals surface area contributed by atoms with E-state index >= 15 is 0 Å². The Hall–Kier alpha value is -0.940.